The second-order valence-electron chi connectivity index (χ2n) is 5.16. The maximum absolute atomic E-state index is 11.8. The molecule has 17 heavy (non-hydrogen) atoms. The van der Waals surface area contributed by atoms with E-state index in [0.717, 1.165) is 45.1 Å². The number of nitrogens with one attached hydrogen (secondary N) is 2. The van der Waals surface area contributed by atoms with Crippen LogP contribution in [0.3, 0.4) is 0 Å². The molecule has 1 amide bonds. The van der Waals surface area contributed by atoms with Crippen LogP contribution in [0, 0.1) is 0 Å². The Bertz CT molecular complexity index is 238. The van der Waals surface area contributed by atoms with Gasteiger partial charge in [-0.1, -0.05) is 26.2 Å². The van der Waals surface area contributed by atoms with Gasteiger partial charge < -0.3 is 10.4 Å². The molecule has 0 spiro atoms. The van der Waals surface area contributed by atoms with E-state index in [9.17, 15) is 9.90 Å². The van der Waals surface area contributed by atoms with Crippen molar-refractivity contribution >= 4 is 5.91 Å². The van der Waals surface area contributed by atoms with Gasteiger partial charge in [0, 0.05) is 12.1 Å². The highest BCUT2D eigenvalue weighted by Crippen LogP contribution is 2.29. The number of aliphatic hydroxyl groups excluding tert-OH is 1. The molecule has 0 aromatic heterocycles. The molecule has 4 nitrogen and oxygen atoms in total. The van der Waals surface area contributed by atoms with Gasteiger partial charge in [-0.3, -0.25) is 10.1 Å². The number of amides is 1. The van der Waals surface area contributed by atoms with E-state index >= 15 is 0 Å². The highest BCUT2D eigenvalue weighted by Gasteiger charge is 2.35. The molecule has 100 valence electrons. The molecule has 0 aromatic rings. The normalized spacial score (nSPS) is 20.2. The van der Waals surface area contributed by atoms with Crippen molar-refractivity contribution < 1.29 is 9.90 Å². The van der Waals surface area contributed by atoms with Gasteiger partial charge in [0.1, 0.15) is 0 Å². The second-order valence-corrected chi connectivity index (χ2v) is 5.16. The van der Waals surface area contributed by atoms with Crippen molar-refractivity contribution in [2.45, 2.75) is 64.0 Å². The van der Waals surface area contributed by atoms with E-state index in [1.807, 2.05) is 6.92 Å². The Morgan fingerprint density at radius 2 is 2.06 bits per heavy atom. The lowest BCUT2D eigenvalue weighted by molar-refractivity contribution is -0.123. The van der Waals surface area contributed by atoms with Gasteiger partial charge in [-0.05, 0) is 26.2 Å². The first-order chi connectivity index (χ1) is 8.13. The molecular weight excluding hydrogens is 216 g/mol. The zero-order valence-corrected chi connectivity index (χ0v) is 11.1. The average molecular weight is 242 g/mol. The Labute approximate surface area is 104 Å². The third-order valence-electron chi connectivity index (χ3n) is 3.61. The van der Waals surface area contributed by atoms with E-state index < -0.39 is 0 Å². The molecule has 1 aliphatic rings. The van der Waals surface area contributed by atoms with Gasteiger partial charge in [-0.15, -0.1) is 0 Å². The van der Waals surface area contributed by atoms with Crippen molar-refractivity contribution in [1.29, 1.82) is 0 Å². The van der Waals surface area contributed by atoms with Gasteiger partial charge in [-0.25, -0.2) is 0 Å². The Kier molecular flexibility index (Phi) is 5.92. The first kappa shape index (κ1) is 14.5. The fourth-order valence-electron chi connectivity index (χ4n) is 2.47. The van der Waals surface area contributed by atoms with Crippen molar-refractivity contribution in [2.24, 2.45) is 0 Å². The van der Waals surface area contributed by atoms with E-state index in [2.05, 4.69) is 17.6 Å². The average Bonchev–Trinajstić information content (AvgIpc) is 2.78. The molecule has 1 unspecified atom stereocenters. The van der Waals surface area contributed by atoms with E-state index in [1.165, 1.54) is 0 Å². The minimum Gasteiger partial charge on any atom is -0.394 e. The first-order valence-corrected chi connectivity index (χ1v) is 6.80. The standard InChI is InChI=1S/C13H26N2O2/c1-3-4-9-14-12(17)11(2)15-13(10-16)7-5-6-8-13/h11,15-16H,3-10H2,1-2H3,(H,14,17). The van der Waals surface area contributed by atoms with Crippen molar-refractivity contribution in [3.8, 4) is 0 Å². The van der Waals surface area contributed by atoms with Crippen LogP contribution in [0.5, 0.6) is 0 Å². The Hall–Kier alpha value is -0.610. The highest BCUT2D eigenvalue weighted by atomic mass is 16.3. The number of carbonyl (C=O) groups excluding carboxylic acids is 1. The van der Waals surface area contributed by atoms with Crippen LogP contribution in [-0.2, 0) is 4.79 Å². The number of hydrogen-bond acceptors (Lipinski definition) is 3. The zero-order chi connectivity index (χ0) is 12.7. The molecule has 0 aromatic carbocycles. The molecule has 1 rings (SSSR count). The summed E-state index contributed by atoms with van der Waals surface area (Å²) >= 11 is 0. The zero-order valence-electron chi connectivity index (χ0n) is 11.1. The fourth-order valence-corrected chi connectivity index (χ4v) is 2.47. The van der Waals surface area contributed by atoms with Crippen molar-refractivity contribution in [1.82, 2.24) is 10.6 Å². The number of aliphatic hydroxyl groups is 1. The van der Waals surface area contributed by atoms with Gasteiger partial charge >= 0.3 is 0 Å². The minimum absolute atomic E-state index is 0.0400. The molecule has 0 aliphatic heterocycles. The SMILES string of the molecule is CCCCNC(=O)C(C)NC1(CO)CCCC1. The van der Waals surface area contributed by atoms with Crippen LogP contribution in [0.4, 0.5) is 0 Å². The van der Waals surface area contributed by atoms with E-state index in [4.69, 9.17) is 0 Å². The van der Waals surface area contributed by atoms with Crippen LogP contribution in [0.15, 0.2) is 0 Å². The number of carbonyl (C=O) groups is 1. The molecule has 4 heteroatoms. The van der Waals surface area contributed by atoms with Crippen LogP contribution in [-0.4, -0.2) is 35.7 Å². The molecule has 1 aliphatic carbocycles. The largest absolute Gasteiger partial charge is 0.394 e. The van der Waals surface area contributed by atoms with Gasteiger partial charge in [0.05, 0.1) is 12.6 Å². The number of unbranched alkanes of at least 4 members (excludes halogenated alkanes) is 1. The predicted octanol–water partition coefficient (Wildman–Crippen LogP) is 1.19. The predicted molar refractivity (Wildman–Crippen MR) is 68.8 cm³/mol. The van der Waals surface area contributed by atoms with Crippen LogP contribution in [0.1, 0.15) is 52.4 Å². The smallest absolute Gasteiger partial charge is 0.236 e. The lowest BCUT2D eigenvalue weighted by Gasteiger charge is -2.31. The monoisotopic (exact) mass is 242 g/mol. The topological polar surface area (TPSA) is 61.4 Å². The van der Waals surface area contributed by atoms with E-state index in [-0.39, 0.29) is 24.1 Å². The molecule has 1 atom stereocenters. The third-order valence-corrected chi connectivity index (χ3v) is 3.61. The van der Waals surface area contributed by atoms with Crippen molar-refractivity contribution in [2.75, 3.05) is 13.2 Å². The Balaban J connectivity index is 2.36. The van der Waals surface area contributed by atoms with Gasteiger partial charge in [0.2, 0.25) is 5.91 Å². The van der Waals surface area contributed by atoms with Crippen molar-refractivity contribution in [3.63, 3.8) is 0 Å². The second kappa shape index (κ2) is 6.97. The van der Waals surface area contributed by atoms with Crippen molar-refractivity contribution in [3.05, 3.63) is 0 Å². The molecule has 0 heterocycles. The van der Waals surface area contributed by atoms with E-state index in [1.54, 1.807) is 0 Å². The molecule has 0 bridgehead atoms. The lowest BCUT2D eigenvalue weighted by Crippen LogP contribution is -2.55. The summed E-state index contributed by atoms with van der Waals surface area (Å²) in [6, 6.07) is -0.225. The van der Waals surface area contributed by atoms with Crippen LogP contribution >= 0.6 is 0 Å². The van der Waals surface area contributed by atoms with Crippen LogP contribution in [0.25, 0.3) is 0 Å². The van der Waals surface area contributed by atoms with Crippen LogP contribution in [0.2, 0.25) is 0 Å². The van der Waals surface area contributed by atoms with Gasteiger partial charge in [0.15, 0.2) is 0 Å². The van der Waals surface area contributed by atoms with E-state index in [0.29, 0.717) is 0 Å². The maximum Gasteiger partial charge on any atom is 0.236 e. The summed E-state index contributed by atoms with van der Waals surface area (Å²) in [5, 5.41) is 15.7. The quantitative estimate of drug-likeness (QED) is 0.588. The molecule has 0 radical (unpaired) electrons. The summed E-state index contributed by atoms with van der Waals surface area (Å²) in [5.74, 6) is 0.0400. The summed E-state index contributed by atoms with van der Waals surface area (Å²) in [4.78, 5) is 11.8. The summed E-state index contributed by atoms with van der Waals surface area (Å²) in [5.41, 5.74) is -0.221. The van der Waals surface area contributed by atoms with Gasteiger partial charge in [-0.2, -0.15) is 0 Å². The fraction of sp³-hybridized carbons (Fsp3) is 0.923. The van der Waals surface area contributed by atoms with Gasteiger partial charge in [0.25, 0.3) is 0 Å². The Morgan fingerprint density at radius 3 is 2.59 bits per heavy atom. The number of hydrogen-bond donors (Lipinski definition) is 3. The third kappa shape index (κ3) is 4.28. The molecule has 0 saturated heterocycles. The van der Waals surface area contributed by atoms with Crippen LogP contribution < -0.4 is 10.6 Å². The lowest BCUT2D eigenvalue weighted by atomic mass is 9.97. The Morgan fingerprint density at radius 1 is 1.41 bits per heavy atom. The first-order valence-electron chi connectivity index (χ1n) is 6.80. The summed E-state index contributed by atoms with van der Waals surface area (Å²) < 4.78 is 0. The summed E-state index contributed by atoms with van der Waals surface area (Å²) in [6.07, 6.45) is 6.31. The summed E-state index contributed by atoms with van der Waals surface area (Å²) in [7, 11) is 0. The molecular formula is C13H26N2O2. The molecule has 1 fully saturated rings. The minimum atomic E-state index is -0.225. The number of rotatable bonds is 7. The summed E-state index contributed by atoms with van der Waals surface area (Å²) in [6.45, 7) is 4.84. The maximum atomic E-state index is 11.8. The molecule has 3 N–H and O–H groups in total. The molecule has 1 saturated carbocycles. The highest BCUT2D eigenvalue weighted by molar-refractivity contribution is 5.81.